The summed E-state index contributed by atoms with van der Waals surface area (Å²) in [6.45, 7) is 1.88. The van der Waals surface area contributed by atoms with Crippen LogP contribution in [0, 0.1) is 11.8 Å². The maximum atomic E-state index is 12.1. The number of aliphatic carboxylic acids is 1. The van der Waals surface area contributed by atoms with Crippen molar-refractivity contribution < 1.29 is 29.9 Å². The van der Waals surface area contributed by atoms with Gasteiger partial charge < -0.3 is 10.2 Å². The lowest BCUT2D eigenvalue weighted by Crippen LogP contribution is -2.19. The van der Waals surface area contributed by atoms with Crippen LogP contribution in [0.25, 0.3) is 0 Å². The molecule has 1 saturated carbocycles. The van der Waals surface area contributed by atoms with Gasteiger partial charge in [-0.15, -0.1) is 0 Å². The summed E-state index contributed by atoms with van der Waals surface area (Å²) >= 11 is 0. The second kappa shape index (κ2) is 12.8. The Morgan fingerprint density at radius 3 is 2.65 bits per heavy atom. The topological polar surface area (TPSA) is 104 Å². The van der Waals surface area contributed by atoms with Crippen LogP contribution >= 0.6 is 0 Å². The predicted molar refractivity (Wildman–Crippen MR) is 98.6 cm³/mol. The average Bonchev–Trinajstić information content (AvgIpc) is 2.87. The molecule has 1 aliphatic carbocycles. The molecule has 0 aromatic rings. The van der Waals surface area contributed by atoms with Gasteiger partial charge in [-0.1, -0.05) is 44.1 Å². The van der Waals surface area contributed by atoms with Crippen LogP contribution in [-0.4, -0.2) is 39.4 Å². The second-order valence-corrected chi connectivity index (χ2v) is 6.91. The number of unbranched alkanes of at least 4 members (excludes halogenated alkanes) is 4. The molecule has 0 aliphatic heterocycles. The summed E-state index contributed by atoms with van der Waals surface area (Å²) in [6, 6.07) is 0. The van der Waals surface area contributed by atoms with Crippen molar-refractivity contribution in [1.29, 1.82) is 0 Å². The van der Waals surface area contributed by atoms with Gasteiger partial charge in [0.15, 0.2) is 0 Å². The van der Waals surface area contributed by atoms with Gasteiger partial charge in [-0.2, -0.15) is 0 Å². The van der Waals surface area contributed by atoms with Crippen LogP contribution in [0.15, 0.2) is 24.3 Å². The minimum absolute atomic E-state index is 0.0726. The highest BCUT2D eigenvalue weighted by Gasteiger charge is 2.39. The zero-order chi connectivity index (χ0) is 19.4. The molecule has 1 fully saturated rings. The molecule has 0 spiro atoms. The van der Waals surface area contributed by atoms with Crippen molar-refractivity contribution in [3.63, 3.8) is 0 Å². The quantitative estimate of drug-likeness (QED) is 0.198. The van der Waals surface area contributed by atoms with E-state index in [0.29, 0.717) is 12.8 Å². The number of ketones is 1. The van der Waals surface area contributed by atoms with Crippen molar-refractivity contribution in [2.75, 3.05) is 0 Å². The Labute approximate surface area is 155 Å². The maximum absolute atomic E-state index is 12.1. The molecule has 0 radical (unpaired) electrons. The minimum Gasteiger partial charge on any atom is -0.481 e. The normalized spacial score (nSPS) is 24.7. The first-order chi connectivity index (χ1) is 12.5. The van der Waals surface area contributed by atoms with E-state index < -0.39 is 18.2 Å². The van der Waals surface area contributed by atoms with Crippen LogP contribution in [0.2, 0.25) is 0 Å². The van der Waals surface area contributed by atoms with Crippen LogP contribution < -0.4 is 0 Å². The lowest BCUT2D eigenvalue weighted by atomic mass is 9.90. The highest BCUT2D eigenvalue weighted by molar-refractivity contribution is 5.84. The molecule has 6 nitrogen and oxygen atoms in total. The van der Waals surface area contributed by atoms with E-state index >= 15 is 0 Å². The van der Waals surface area contributed by atoms with Crippen LogP contribution in [-0.2, 0) is 14.5 Å². The fraction of sp³-hybridized carbons (Fsp3) is 0.700. The van der Waals surface area contributed by atoms with E-state index in [2.05, 4.69) is 11.0 Å². The third-order valence-corrected chi connectivity index (χ3v) is 4.89. The Balaban J connectivity index is 2.36. The lowest BCUT2D eigenvalue weighted by molar-refractivity contribution is -0.266. The molecule has 0 bridgehead atoms. The van der Waals surface area contributed by atoms with Gasteiger partial charge in [0.25, 0.3) is 0 Å². The minimum atomic E-state index is -0.743. The zero-order valence-corrected chi connectivity index (χ0v) is 15.5. The number of carboxylic acids is 1. The molecule has 0 aromatic heterocycles. The molecule has 6 heteroatoms. The standard InChI is InChI=1S/C20H32O6/c1-2-15(26-25)12-13-17-16(18(21)14-19(17)22)10-8-6-4-3-5-7-9-11-20(23)24/h6,8,12-13,15-17,19,22,25H,2-5,7,9-11,14H2,1H3,(H,23,24)/b8-6+,13-12+/t15?,16-,17-,19-/m1/s1. The van der Waals surface area contributed by atoms with Gasteiger partial charge in [0, 0.05) is 24.7 Å². The van der Waals surface area contributed by atoms with E-state index in [9.17, 15) is 14.7 Å². The van der Waals surface area contributed by atoms with Gasteiger partial charge in [-0.05, 0) is 32.1 Å². The van der Waals surface area contributed by atoms with E-state index in [1.54, 1.807) is 12.2 Å². The summed E-state index contributed by atoms with van der Waals surface area (Å²) in [6.07, 6.45) is 12.6. The van der Waals surface area contributed by atoms with Crippen LogP contribution in [0.1, 0.15) is 64.7 Å². The summed E-state index contributed by atoms with van der Waals surface area (Å²) in [5.74, 6) is -1.15. The number of carboxylic acid groups (broad SMARTS) is 1. The number of hydrogen-bond acceptors (Lipinski definition) is 5. The fourth-order valence-corrected chi connectivity index (χ4v) is 3.28. The Bertz CT molecular complexity index is 481. The van der Waals surface area contributed by atoms with Gasteiger partial charge >= 0.3 is 5.97 Å². The average molecular weight is 368 g/mol. The molecule has 3 N–H and O–H groups in total. The number of aliphatic hydroxyl groups is 1. The second-order valence-electron chi connectivity index (χ2n) is 6.91. The van der Waals surface area contributed by atoms with E-state index in [-0.39, 0.29) is 30.5 Å². The van der Waals surface area contributed by atoms with E-state index in [4.69, 9.17) is 10.4 Å². The Kier molecular flexibility index (Phi) is 11.1. The van der Waals surface area contributed by atoms with Gasteiger partial charge in [0.1, 0.15) is 11.9 Å². The first-order valence-electron chi connectivity index (χ1n) is 9.55. The van der Waals surface area contributed by atoms with Crippen LogP contribution in [0.5, 0.6) is 0 Å². The molecule has 4 atom stereocenters. The van der Waals surface area contributed by atoms with E-state index in [0.717, 1.165) is 32.1 Å². The highest BCUT2D eigenvalue weighted by atomic mass is 17.1. The Morgan fingerprint density at radius 2 is 2.00 bits per heavy atom. The molecule has 1 unspecified atom stereocenters. The monoisotopic (exact) mass is 368 g/mol. The summed E-state index contributed by atoms with van der Waals surface area (Å²) in [4.78, 5) is 26.9. The zero-order valence-electron chi connectivity index (χ0n) is 15.5. The van der Waals surface area contributed by atoms with Gasteiger partial charge in [0.05, 0.1) is 6.10 Å². The number of Topliss-reactive ketones (excluding diaryl/α,β-unsaturated/α-hetero) is 1. The predicted octanol–water partition coefficient (Wildman–Crippen LogP) is 3.75. The van der Waals surface area contributed by atoms with Gasteiger partial charge in [-0.25, -0.2) is 4.89 Å². The lowest BCUT2D eigenvalue weighted by Gasteiger charge is -2.16. The van der Waals surface area contributed by atoms with Crippen molar-refractivity contribution in [3.8, 4) is 0 Å². The van der Waals surface area contributed by atoms with Gasteiger partial charge in [0.2, 0.25) is 0 Å². The third kappa shape index (κ3) is 8.25. The Morgan fingerprint density at radius 1 is 1.27 bits per heavy atom. The summed E-state index contributed by atoms with van der Waals surface area (Å²) < 4.78 is 0. The first-order valence-corrected chi connectivity index (χ1v) is 9.55. The molecule has 0 aromatic carbocycles. The van der Waals surface area contributed by atoms with Crippen molar-refractivity contribution in [1.82, 2.24) is 0 Å². The molecular weight excluding hydrogens is 336 g/mol. The molecule has 26 heavy (non-hydrogen) atoms. The SMILES string of the molecule is CCC(/C=C/[C@H]1[C@H](O)CC(=O)[C@@H]1C/C=C/CCCCCCC(=O)O)OO. The molecular formula is C20H32O6. The van der Waals surface area contributed by atoms with Crippen LogP contribution in [0.3, 0.4) is 0 Å². The van der Waals surface area contributed by atoms with Crippen molar-refractivity contribution in [2.24, 2.45) is 11.8 Å². The summed E-state index contributed by atoms with van der Waals surface area (Å²) in [7, 11) is 0. The number of aliphatic hydroxyl groups excluding tert-OH is 1. The van der Waals surface area contributed by atoms with Crippen molar-refractivity contribution in [3.05, 3.63) is 24.3 Å². The van der Waals surface area contributed by atoms with E-state index in [1.165, 1.54) is 0 Å². The summed E-state index contributed by atoms with van der Waals surface area (Å²) in [5, 5.41) is 27.4. The van der Waals surface area contributed by atoms with E-state index in [1.807, 2.05) is 13.0 Å². The first kappa shape index (κ1) is 22.5. The molecule has 148 valence electrons. The Hall–Kier alpha value is -1.50. The highest BCUT2D eigenvalue weighted by Crippen LogP contribution is 2.33. The summed E-state index contributed by atoms with van der Waals surface area (Å²) in [5.41, 5.74) is 0. The number of carbonyl (C=O) groups is 2. The third-order valence-electron chi connectivity index (χ3n) is 4.89. The molecule has 0 saturated heterocycles. The van der Waals surface area contributed by atoms with Crippen LogP contribution in [0.4, 0.5) is 0 Å². The largest absolute Gasteiger partial charge is 0.481 e. The molecule has 0 amide bonds. The number of carbonyl (C=O) groups excluding carboxylic acids is 1. The maximum Gasteiger partial charge on any atom is 0.303 e. The molecule has 0 heterocycles. The van der Waals surface area contributed by atoms with Gasteiger partial charge in [-0.3, -0.25) is 14.8 Å². The number of allylic oxidation sites excluding steroid dienone is 2. The number of hydrogen-bond donors (Lipinski definition) is 3. The van der Waals surface area contributed by atoms with Crippen molar-refractivity contribution in [2.45, 2.75) is 76.9 Å². The smallest absolute Gasteiger partial charge is 0.303 e. The molecule has 1 aliphatic rings. The van der Waals surface area contributed by atoms with Crippen molar-refractivity contribution >= 4 is 11.8 Å². The number of rotatable bonds is 13. The fourth-order valence-electron chi connectivity index (χ4n) is 3.28. The molecule has 1 rings (SSSR count).